The smallest absolute Gasteiger partial charge is 0.322 e. The van der Waals surface area contributed by atoms with E-state index in [1.165, 1.54) is 0 Å². The summed E-state index contributed by atoms with van der Waals surface area (Å²) in [6.07, 6.45) is 1.72. The Hall–Kier alpha value is -2.47. The molecule has 3 rings (SSSR count). The number of fused-ring (bicyclic) bond motifs is 1. The first-order valence-electron chi connectivity index (χ1n) is 7.35. The molecule has 0 aliphatic carbocycles. The molecule has 1 aromatic carbocycles. The van der Waals surface area contributed by atoms with Crippen molar-refractivity contribution in [1.82, 2.24) is 4.90 Å². The molecule has 0 bridgehead atoms. The van der Waals surface area contributed by atoms with Crippen molar-refractivity contribution in [3.63, 3.8) is 0 Å². The highest BCUT2D eigenvalue weighted by Gasteiger charge is 2.16. The Morgan fingerprint density at radius 1 is 1.30 bits per heavy atom. The topological polar surface area (TPSA) is 50.8 Å². The second kappa shape index (κ2) is 7.19. The minimum atomic E-state index is -0.171. The van der Waals surface area contributed by atoms with E-state index < -0.39 is 0 Å². The maximum Gasteiger partial charge on any atom is 0.322 e. The van der Waals surface area contributed by atoms with E-state index in [0.29, 0.717) is 43.5 Å². The van der Waals surface area contributed by atoms with Gasteiger partial charge >= 0.3 is 6.03 Å². The molecule has 2 amide bonds. The lowest BCUT2D eigenvalue weighted by molar-refractivity contribution is 0.171. The maximum absolute atomic E-state index is 12.5. The lowest BCUT2D eigenvalue weighted by atomic mass is 10.2. The Morgan fingerprint density at radius 3 is 2.87 bits per heavy atom. The molecule has 120 valence electrons. The SMILES string of the molecule is C=CCN(Cc1cccs1)C(=O)Nc1ccc2c(c1)OCCO2. The van der Waals surface area contributed by atoms with Crippen molar-refractivity contribution in [3.8, 4) is 11.5 Å². The van der Waals surface area contributed by atoms with Crippen molar-refractivity contribution in [2.45, 2.75) is 6.54 Å². The number of urea groups is 1. The van der Waals surface area contributed by atoms with Crippen LogP contribution in [0.4, 0.5) is 10.5 Å². The van der Waals surface area contributed by atoms with E-state index in [9.17, 15) is 4.79 Å². The molecule has 1 aromatic heterocycles. The van der Waals surface area contributed by atoms with Gasteiger partial charge in [-0.1, -0.05) is 12.1 Å². The third kappa shape index (κ3) is 3.84. The van der Waals surface area contributed by atoms with Crippen molar-refractivity contribution in [2.24, 2.45) is 0 Å². The predicted octanol–water partition coefficient (Wildman–Crippen LogP) is 3.74. The monoisotopic (exact) mass is 330 g/mol. The Kier molecular flexibility index (Phi) is 4.83. The molecule has 1 aliphatic rings. The number of benzene rings is 1. The van der Waals surface area contributed by atoms with E-state index in [1.807, 2.05) is 23.6 Å². The molecule has 0 unspecified atom stereocenters. The van der Waals surface area contributed by atoms with E-state index in [0.717, 1.165) is 4.88 Å². The molecule has 0 atom stereocenters. The van der Waals surface area contributed by atoms with Crippen LogP contribution in [0.3, 0.4) is 0 Å². The minimum Gasteiger partial charge on any atom is -0.486 e. The van der Waals surface area contributed by atoms with Crippen molar-refractivity contribution < 1.29 is 14.3 Å². The predicted molar refractivity (Wildman–Crippen MR) is 91.4 cm³/mol. The van der Waals surface area contributed by atoms with Gasteiger partial charge in [-0.25, -0.2) is 4.79 Å². The largest absolute Gasteiger partial charge is 0.486 e. The number of rotatable bonds is 5. The fourth-order valence-electron chi connectivity index (χ4n) is 2.29. The molecule has 0 fully saturated rings. The third-order valence-corrected chi connectivity index (χ3v) is 4.22. The molecule has 2 heterocycles. The average Bonchev–Trinajstić information content (AvgIpc) is 3.07. The minimum absolute atomic E-state index is 0.171. The second-order valence-electron chi connectivity index (χ2n) is 5.04. The molecular formula is C17H18N2O3S. The number of hydrogen-bond acceptors (Lipinski definition) is 4. The Morgan fingerprint density at radius 2 is 2.13 bits per heavy atom. The quantitative estimate of drug-likeness (QED) is 0.850. The first-order chi connectivity index (χ1) is 11.3. The Bertz CT molecular complexity index is 685. The van der Waals surface area contributed by atoms with Gasteiger partial charge in [0.25, 0.3) is 0 Å². The van der Waals surface area contributed by atoms with Crippen molar-refractivity contribution in [3.05, 3.63) is 53.2 Å². The van der Waals surface area contributed by atoms with Crippen LogP contribution < -0.4 is 14.8 Å². The Labute approximate surface area is 139 Å². The zero-order chi connectivity index (χ0) is 16.1. The van der Waals surface area contributed by atoms with Gasteiger partial charge in [-0.3, -0.25) is 0 Å². The number of anilines is 1. The van der Waals surface area contributed by atoms with Gasteiger partial charge in [0.15, 0.2) is 11.5 Å². The van der Waals surface area contributed by atoms with Gasteiger partial charge in [0.1, 0.15) is 13.2 Å². The molecule has 0 saturated heterocycles. The van der Waals surface area contributed by atoms with Crippen molar-refractivity contribution in [2.75, 3.05) is 25.1 Å². The summed E-state index contributed by atoms with van der Waals surface area (Å²) < 4.78 is 11.0. The van der Waals surface area contributed by atoms with Crippen LogP contribution in [0.15, 0.2) is 48.4 Å². The maximum atomic E-state index is 12.5. The van der Waals surface area contributed by atoms with Gasteiger partial charge in [-0.2, -0.15) is 0 Å². The van der Waals surface area contributed by atoms with Crippen molar-refractivity contribution in [1.29, 1.82) is 0 Å². The number of carbonyl (C=O) groups is 1. The fraction of sp³-hybridized carbons (Fsp3) is 0.235. The highest BCUT2D eigenvalue weighted by Crippen LogP contribution is 2.32. The number of ether oxygens (including phenoxy) is 2. The Balaban J connectivity index is 1.69. The summed E-state index contributed by atoms with van der Waals surface area (Å²) >= 11 is 1.63. The highest BCUT2D eigenvalue weighted by molar-refractivity contribution is 7.09. The summed E-state index contributed by atoms with van der Waals surface area (Å²) in [4.78, 5) is 15.3. The summed E-state index contributed by atoms with van der Waals surface area (Å²) in [5.74, 6) is 1.36. The first-order valence-corrected chi connectivity index (χ1v) is 8.23. The van der Waals surface area contributed by atoms with E-state index in [-0.39, 0.29) is 6.03 Å². The average molecular weight is 330 g/mol. The normalized spacial score (nSPS) is 12.5. The summed E-state index contributed by atoms with van der Waals surface area (Å²) in [5, 5.41) is 4.90. The molecule has 2 aromatic rings. The number of nitrogens with one attached hydrogen (secondary N) is 1. The molecule has 23 heavy (non-hydrogen) atoms. The third-order valence-electron chi connectivity index (χ3n) is 3.36. The van der Waals surface area contributed by atoms with Crippen LogP contribution >= 0.6 is 11.3 Å². The summed E-state index contributed by atoms with van der Waals surface area (Å²) in [7, 11) is 0. The highest BCUT2D eigenvalue weighted by atomic mass is 32.1. The van der Waals surface area contributed by atoms with E-state index in [1.54, 1.807) is 34.4 Å². The zero-order valence-electron chi connectivity index (χ0n) is 12.7. The van der Waals surface area contributed by atoms with Gasteiger partial charge < -0.3 is 19.7 Å². The first kappa shape index (κ1) is 15.4. The molecule has 0 spiro atoms. The van der Waals surface area contributed by atoms with Crippen LogP contribution in [-0.2, 0) is 6.54 Å². The molecule has 5 nitrogen and oxygen atoms in total. The molecule has 1 N–H and O–H groups in total. The van der Waals surface area contributed by atoms with Gasteiger partial charge in [0, 0.05) is 23.2 Å². The second-order valence-corrected chi connectivity index (χ2v) is 6.07. The number of hydrogen-bond donors (Lipinski definition) is 1. The van der Waals surface area contributed by atoms with Gasteiger partial charge in [0.2, 0.25) is 0 Å². The number of amides is 2. The lowest BCUT2D eigenvalue weighted by Gasteiger charge is -2.22. The van der Waals surface area contributed by atoms with Gasteiger partial charge in [0.05, 0.1) is 6.54 Å². The van der Waals surface area contributed by atoms with Crippen LogP contribution in [0.25, 0.3) is 0 Å². The van der Waals surface area contributed by atoms with Gasteiger partial charge in [-0.15, -0.1) is 17.9 Å². The van der Waals surface area contributed by atoms with Crippen LogP contribution in [0.1, 0.15) is 4.88 Å². The molecule has 0 radical (unpaired) electrons. The lowest BCUT2D eigenvalue weighted by Crippen LogP contribution is -2.34. The van der Waals surface area contributed by atoms with Crippen LogP contribution in [-0.4, -0.2) is 30.7 Å². The van der Waals surface area contributed by atoms with Gasteiger partial charge in [-0.05, 0) is 23.6 Å². The standard InChI is InChI=1S/C17H18N2O3S/c1-2-7-19(12-14-4-3-10-23-14)17(20)18-13-5-6-15-16(11-13)22-9-8-21-15/h2-6,10-11H,1,7-9,12H2,(H,18,20). The summed E-state index contributed by atoms with van der Waals surface area (Å²) in [5.41, 5.74) is 0.680. The van der Waals surface area contributed by atoms with E-state index in [4.69, 9.17) is 9.47 Å². The fourth-order valence-corrected chi connectivity index (χ4v) is 3.01. The number of carbonyl (C=O) groups excluding carboxylic acids is 1. The van der Waals surface area contributed by atoms with Crippen LogP contribution in [0.5, 0.6) is 11.5 Å². The van der Waals surface area contributed by atoms with E-state index in [2.05, 4.69) is 11.9 Å². The molecular weight excluding hydrogens is 312 g/mol. The summed E-state index contributed by atoms with van der Waals surface area (Å²) in [6, 6.07) is 9.21. The van der Waals surface area contributed by atoms with E-state index >= 15 is 0 Å². The van der Waals surface area contributed by atoms with Crippen LogP contribution in [0, 0.1) is 0 Å². The van der Waals surface area contributed by atoms with Crippen molar-refractivity contribution >= 4 is 23.1 Å². The molecule has 1 aliphatic heterocycles. The van der Waals surface area contributed by atoms with Crippen LogP contribution in [0.2, 0.25) is 0 Å². The number of nitrogens with zero attached hydrogens (tertiary/aromatic N) is 1. The molecule has 6 heteroatoms. The summed E-state index contributed by atoms with van der Waals surface area (Å²) in [6.45, 7) is 5.83. The zero-order valence-corrected chi connectivity index (χ0v) is 13.5. The molecule has 0 saturated carbocycles. The number of thiophene rings is 1.